The monoisotopic (exact) mass is 400 g/mol. The molecule has 0 aliphatic carbocycles. The first kappa shape index (κ1) is 21.7. The molecular weight excluding hydrogens is 376 g/mol. The Kier molecular flexibility index (Phi) is 7.59. The second-order valence-corrected chi connectivity index (χ2v) is 6.23. The van der Waals surface area contributed by atoms with E-state index in [1.807, 2.05) is 12.1 Å². The third kappa shape index (κ3) is 6.24. The van der Waals surface area contributed by atoms with Gasteiger partial charge in [0.25, 0.3) is 0 Å². The van der Waals surface area contributed by atoms with Crippen molar-refractivity contribution in [3.05, 3.63) is 59.1 Å². The van der Waals surface area contributed by atoms with Crippen LogP contribution >= 0.6 is 0 Å². The van der Waals surface area contributed by atoms with E-state index < -0.39 is 17.9 Å². The number of methoxy groups -OCH3 is 2. The first-order valence-electron chi connectivity index (χ1n) is 8.92. The first-order valence-corrected chi connectivity index (χ1v) is 8.92. The number of carbonyl (C=O) groups is 3. The van der Waals surface area contributed by atoms with Crippen molar-refractivity contribution in [2.75, 3.05) is 14.2 Å². The van der Waals surface area contributed by atoms with Crippen LogP contribution in [0.15, 0.2) is 40.8 Å². The fraction of sp³-hybridized carbons (Fsp3) is 0.286. The largest absolute Gasteiger partial charge is 0.497 e. The molecule has 2 N–H and O–H groups in total. The Morgan fingerprint density at radius 1 is 1.17 bits per heavy atom. The molecule has 1 aromatic carbocycles. The van der Waals surface area contributed by atoms with Crippen molar-refractivity contribution in [1.82, 2.24) is 10.6 Å². The topological polar surface area (TPSA) is 107 Å². The molecular formula is C21H24N2O6. The summed E-state index contributed by atoms with van der Waals surface area (Å²) in [5.41, 5.74) is 1.13. The van der Waals surface area contributed by atoms with Crippen molar-refractivity contribution in [2.45, 2.75) is 26.4 Å². The molecule has 2 rings (SSSR count). The lowest BCUT2D eigenvalue weighted by atomic mass is 10.2. The zero-order valence-electron chi connectivity index (χ0n) is 16.8. The Hall–Kier alpha value is -3.55. The average molecular weight is 400 g/mol. The van der Waals surface area contributed by atoms with Gasteiger partial charge in [-0.05, 0) is 43.7 Å². The number of hydrogen-bond donors (Lipinski definition) is 2. The molecule has 0 bridgehead atoms. The number of amides is 2. The fourth-order valence-corrected chi connectivity index (χ4v) is 2.48. The highest BCUT2D eigenvalue weighted by Gasteiger charge is 2.18. The molecule has 1 heterocycles. The summed E-state index contributed by atoms with van der Waals surface area (Å²) < 4.78 is 15.2. The quantitative estimate of drug-likeness (QED) is 0.520. The van der Waals surface area contributed by atoms with Crippen LogP contribution in [0.5, 0.6) is 5.75 Å². The number of nitrogens with one attached hydrogen (secondary N) is 2. The van der Waals surface area contributed by atoms with Crippen LogP contribution in [0.1, 0.15) is 34.4 Å². The van der Waals surface area contributed by atoms with Gasteiger partial charge in [0.2, 0.25) is 11.8 Å². The molecule has 0 radical (unpaired) electrons. The lowest BCUT2D eigenvalue weighted by Gasteiger charge is -2.12. The minimum atomic E-state index is -0.751. The Labute approximate surface area is 168 Å². The summed E-state index contributed by atoms with van der Waals surface area (Å²) in [5.74, 6) is 0.255. The van der Waals surface area contributed by atoms with Gasteiger partial charge < -0.3 is 24.5 Å². The maximum Gasteiger partial charge on any atom is 0.341 e. The Morgan fingerprint density at radius 2 is 1.86 bits per heavy atom. The van der Waals surface area contributed by atoms with Crippen LogP contribution in [0.4, 0.5) is 0 Å². The number of benzene rings is 1. The minimum Gasteiger partial charge on any atom is -0.497 e. The van der Waals surface area contributed by atoms with Crippen molar-refractivity contribution in [1.29, 1.82) is 0 Å². The average Bonchev–Trinajstić information content (AvgIpc) is 3.10. The van der Waals surface area contributed by atoms with Crippen molar-refractivity contribution >= 4 is 23.9 Å². The predicted octanol–water partition coefficient (Wildman–Crippen LogP) is 2.22. The number of aryl methyl sites for hydroxylation is 1. The fourth-order valence-electron chi connectivity index (χ4n) is 2.48. The van der Waals surface area contributed by atoms with Gasteiger partial charge in [0.15, 0.2) is 0 Å². The van der Waals surface area contributed by atoms with E-state index in [1.165, 1.54) is 19.3 Å². The number of hydrogen-bond acceptors (Lipinski definition) is 6. The molecule has 1 unspecified atom stereocenters. The molecule has 154 valence electrons. The molecule has 0 saturated carbocycles. The summed E-state index contributed by atoms with van der Waals surface area (Å²) in [7, 11) is 2.86. The van der Waals surface area contributed by atoms with E-state index in [0.29, 0.717) is 17.1 Å². The number of ether oxygens (including phenoxy) is 2. The number of furan rings is 1. The van der Waals surface area contributed by atoms with E-state index >= 15 is 0 Å². The van der Waals surface area contributed by atoms with E-state index in [-0.39, 0.29) is 12.5 Å². The van der Waals surface area contributed by atoms with Crippen LogP contribution in [-0.2, 0) is 20.9 Å². The van der Waals surface area contributed by atoms with Crippen molar-refractivity contribution in [3.63, 3.8) is 0 Å². The standard InChI is InChI=1S/C21H24N2O6/c1-13(23-19(24)10-7-15-5-8-16(27-3)9-6-15)20(25)22-12-17-11-18(14(2)29-17)21(26)28-4/h5-11,13H,12H2,1-4H3,(H,22,25)(H,23,24). The van der Waals surface area contributed by atoms with Gasteiger partial charge in [-0.1, -0.05) is 12.1 Å². The predicted molar refractivity (Wildman–Crippen MR) is 106 cm³/mol. The highest BCUT2D eigenvalue weighted by atomic mass is 16.5. The highest BCUT2D eigenvalue weighted by molar-refractivity contribution is 5.95. The zero-order chi connectivity index (χ0) is 21.4. The summed E-state index contributed by atoms with van der Waals surface area (Å²) in [6.07, 6.45) is 2.99. The molecule has 0 aliphatic rings. The molecule has 1 atom stereocenters. The SMILES string of the molecule is COC(=O)c1cc(CNC(=O)C(C)NC(=O)C=Cc2ccc(OC)cc2)oc1C. The van der Waals surface area contributed by atoms with Crippen LogP contribution in [0.25, 0.3) is 6.08 Å². The van der Waals surface area contributed by atoms with Crippen LogP contribution < -0.4 is 15.4 Å². The molecule has 0 spiro atoms. The van der Waals surface area contributed by atoms with Crippen molar-refractivity contribution in [2.24, 2.45) is 0 Å². The van der Waals surface area contributed by atoms with Crippen LogP contribution in [0.2, 0.25) is 0 Å². The molecule has 8 nitrogen and oxygen atoms in total. The summed E-state index contributed by atoms with van der Waals surface area (Å²) in [6, 6.07) is 7.96. The lowest BCUT2D eigenvalue weighted by Crippen LogP contribution is -2.44. The molecule has 0 fully saturated rings. The second-order valence-electron chi connectivity index (χ2n) is 6.23. The third-order valence-corrected chi connectivity index (χ3v) is 4.11. The maximum atomic E-state index is 12.2. The van der Waals surface area contributed by atoms with E-state index in [1.54, 1.807) is 39.2 Å². The summed E-state index contributed by atoms with van der Waals surface area (Å²) in [4.78, 5) is 35.8. The Balaban J connectivity index is 1.84. The normalized spacial score (nSPS) is 11.7. The van der Waals surface area contributed by atoms with Gasteiger partial charge in [-0.2, -0.15) is 0 Å². The molecule has 8 heteroatoms. The van der Waals surface area contributed by atoms with Crippen LogP contribution in [-0.4, -0.2) is 38.0 Å². The zero-order valence-corrected chi connectivity index (χ0v) is 16.8. The number of rotatable bonds is 8. The van der Waals surface area contributed by atoms with E-state index in [4.69, 9.17) is 9.15 Å². The third-order valence-electron chi connectivity index (χ3n) is 4.11. The van der Waals surface area contributed by atoms with Crippen LogP contribution in [0, 0.1) is 6.92 Å². The van der Waals surface area contributed by atoms with E-state index in [2.05, 4.69) is 15.4 Å². The van der Waals surface area contributed by atoms with Gasteiger partial charge in [0.05, 0.1) is 20.8 Å². The summed E-state index contributed by atoms with van der Waals surface area (Å²) in [6.45, 7) is 3.29. The molecule has 0 saturated heterocycles. The Morgan fingerprint density at radius 3 is 2.48 bits per heavy atom. The molecule has 0 aliphatic heterocycles. The second kappa shape index (κ2) is 10.1. The molecule has 2 aromatic rings. The maximum absolute atomic E-state index is 12.2. The smallest absolute Gasteiger partial charge is 0.341 e. The summed E-state index contributed by atoms with van der Waals surface area (Å²) >= 11 is 0. The number of carbonyl (C=O) groups excluding carboxylic acids is 3. The van der Waals surface area contributed by atoms with Gasteiger partial charge >= 0.3 is 5.97 Å². The van der Waals surface area contributed by atoms with Gasteiger partial charge in [0, 0.05) is 6.08 Å². The lowest BCUT2D eigenvalue weighted by molar-refractivity contribution is -0.126. The van der Waals surface area contributed by atoms with Crippen LogP contribution in [0.3, 0.4) is 0 Å². The van der Waals surface area contributed by atoms with E-state index in [9.17, 15) is 14.4 Å². The van der Waals surface area contributed by atoms with Crippen molar-refractivity contribution < 1.29 is 28.3 Å². The first-order chi connectivity index (χ1) is 13.8. The van der Waals surface area contributed by atoms with Gasteiger partial charge in [0.1, 0.15) is 28.9 Å². The van der Waals surface area contributed by atoms with Gasteiger partial charge in [-0.3, -0.25) is 9.59 Å². The van der Waals surface area contributed by atoms with Gasteiger partial charge in [-0.25, -0.2) is 4.79 Å². The number of esters is 1. The summed E-state index contributed by atoms with van der Waals surface area (Å²) in [5, 5.41) is 5.24. The molecule has 2 amide bonds. The van der Waals surface area contributed by atoms with Crippen molar-refractivity contribution in [3.8, 4) is 5.75 Å². The van der Waals surface area contributed by atoms with E-state index in [0.717, 1.165) is 11.3 Å². The van der Waals surface area contributed by atoms with Gasteiger partial charge in [-0.15, -0.1) is 0 Å². The molecule has 29 heavy (non-hydrogen) atoms. The Bertz CT molecular complexity index is 898. The highest BCUT2D eigenvalue weighted by Crippen LogP contribution is 2.15. The molecule has 1 aromatic heterocycles. The minimum absolute atomic E-state index is 0.0819.